The second-order valence-electron chi connectivity index (χ2n) is 3.25. The number of rotatable bonds is 1. The van der Waals surface area contributed by atoms with Crippen LogP contribution in [0.4, 0.5) is 0 Å². The van der Waals surface area contributed by atoms with E-state index in [1.165, 1.54) is 5.19 Å². The Morgan fingerprint density at radius 2 is 1.55 bits per heavy atom. The van der Waals surface area contributed by atoms with E-state index in [-0.39, 0.29) is 18.9 Å². The van der Waals surface area contributed by atoms with E-state index in [0.717, 1.165) is 0 Å². The van der Waals surface area contributed by atoms with Crippen LogP contribution in [0.25, 0.3) is 0 Å². The summed E-state index contributed by atoms with van der Waals surface area (Å²) in [5.41, 5.74) is 0. The molecule has 0 amide bonds. The molecular weight excluding hydrogens is 143 g/mol. The molecule has 11 heavy (non-hydrogen) atoms. The Labute approximate surface area is 82.2 Å². The average molecular weight is 156 g/mol. The molecule has 0 radical (unpaired) electrons. The van der Waals surface area contributed by atoms with Gasteiger partial charge in [-0.1, -0.05) is 56.7 Å². The van der Waals surface area contributed by atoms with Crippen molar-refractivity contribution in [1.29, 1.82) is 0 Å². The maximum Gasteiger partial charge on any atom is 1.00 e. The van der Waals surface area contributed by atoms with Gasteiger partial charge in [0, 0.05) is 0 Å². The fourth-order valence-electron chi connectivity index (χ4n) is 0.889. The largest absolute Gasteiger partial charge is 1.00 e. The number of benzene rings is 1. The first-order valence-corrected chi connectivity index (χ1v) is 6.72. The third-order valence-corrected chi connectivity index (χ3v) is 3.45. The SMILES string of the molecule is [CH2-][Si](C)(C)c1ccccc1.[Li+]. The number of hydrogen-bond acceptors (Lipinski definition) is 0. The van der Waals surface area contributed by atoms with Crippen molar-refractivity contribution in [3.63, 3.8) is 0 Å². The van der Waals surface area contributed by atoms with Crippen LogP contribution in [0.2, 0.25) is 13.1 Å². The van der Waals surface area contributed by atoms with E-state index in [4.69, 9.17) is 0 Å². The summed E-state index contributed by atoms with van der Waals surface area (Å²) in [6.07, 6.45) is 0. The van der Waals surface area contributed by atoms with Gasteiger partial charge in [0.25, 0.3) is 0 Å². The Morgan fingerprint density at radius 3 is 1.82 bits per heavy atom. The second-order valence-corrected chi connectivity index (χ2v) is 7.60. The van der Waals surface area contributed by atoms with Gasteiger partial charge in [-0.15, -0.1) is 0 Å². The van der Waals surface area contributed by atoms with Crippen LogP contribution in [0.15, 0.2) is 30.3 Å². The molecule has 1 aromatic rings. The molecule has 0 aliphatic rings. The van der Waals surface area contributed by atoms with E-state index in [2.05, 4.69) is 43.9 Å². The summed E-state index contributed by atoms with van der Waals surface area (Å²) in [5, 5.41) is 1.43. The molecule has 0 saturated heterocycles. The molecule has 0 aliphatic heterocycles. The quantitative estimate of drug-likeness (QED) is 0.361. The second kappa shape index (κ2) is 4.16. The molecule has 0 spiro atoms. The van der Waals surface area contributed by atoms with Gasteiger partial charge < -0.3 is 6.55 Å². The van der Waals surface area contributed by atoms with E-state index in [1.807, 2.05) is 6.07 Å². The monoisotopic (exact) mass is 156 g/mol. The molecule has 0 heterocycles. The number of hydrogen-bond donors (Lipinski definition) is 0. The van der Waals surface area contributed by atoms with Gasteiger partial charge in [-0.2, -0.15) is 0 Å². The predicted molar refractivity (Wildman–Crippen MR) is 48.9 cm³/mol. The van der Waals surface area contributed by atoms with Crippen LogP contribution in [0.1, 0.15) is 0 Å². The van der Waals surface area contributed by atoms with Crippen molar-refractivity contribution in [3.05, 3.63) is 36.9 Å². The standard InChI is InChI=1S/C9H13Si.Li/c1-10(2,3)9-7-5-4-6-8-9;/h4-8H,1H2,2-3H3;/q-1;+1. The molecule has 0 nitrogen and oxygen atoms in total. The first-order valence-electron chi connectivity index (χ1n) is 3.51. The first kappa shape index (κ1) is 11.0. The summed E-state index contributed by atoms with van der Waals surface area (Å²) >= 11 is 0. The summed E-state index contributed by atoms with van der Waals surface area (Å²) in [7, 11) is -1.28. The van der Waals surface area contributed by atoms with Crippen molar-refractivity contribution in [2.24, 2.45) is 0 Å². The summed E-state index contributed by atoms with van der Waals surface area (Å²) in [4.78, 5) is 0. The molecule has 0 unspecified atom stereocenters. The van der Waals surface area contributed by atoms with Crippen LogP contribution in [0.5, 0.6) is 0 Å². The van der Waals surface area contributed by atoms with Crippen LogP contribution in [-0.4, -0.2) is 8.07 Å². The van der Waals surface area contributed by atoms with Crippen molar-refractivity contribution < 1.29 is 18.9 Å². The molecule has 0 bridgehead atoms. The maximum absolute atomic E-state index is 4.18. The fourth-order valence-corrected chi connectivity index (χ4v) is 1.98. The molecule has 0 aliphatic carbocycles. The minimum absolute atomic E-state index is 0. The fraction of sp³-hybridized carbons (Fsp3) is 0.222. The van der Waals surface area contributed by atoms with Crippen molar-refractivity contribution in [2.75, 3.05) is 0 Å². The Kier molecular flexibility index (Phi) is 4.17. The molecular formula is C9H13LiSi. The van der Waals surface area contributed by atoms with E-state index >= 15 is 0 Å². The average Bonchev–Trinajstić information content (AvgIpc) is 1.88. The molecule has 2 heteroatoms. The summed E-state index contributed by atoms with van der Waals surface area (Å²) in [6.45, 7) is 8.68. The van der Waals surface area contributed by atoms with E-state index in [1.54, 1.807) is 0 Å². The summed E-state index contributed by atoms with van der Waals surface area (Å²) in [6, 6.07) is 10.5. The molecule has 0 fully saturated rings. The van der Waals surface area contributed by atoms with Gasteiger partial charge in [0.1, 0.15) is 0 Å². The van der Waals surface area contributed by atoms with Crippen molar-refractivity contribution in [1.82, 2.24) is 0 Å². The molecule has 1 aromatic carbocycles. The Hall–Kier alpha value is 0.0343. The van der Waals surface area contributed by atoms with Gasteiger partial charge in [0.15, 0.2) is 0 Å². The Morgan fingerprint density at radius 1 is 1.09 bits per heavy atom. The third kappa shape index (κ3) is 3.29. The Balaban J connectivity index is 0.000001000. The first-order chi connectivity index (χ1) is 4.61. The van der Waals surface area contributed by atoms with Crippen molar-refractivity contribution >= 4 is 13.3 Å². The van der Waals surface area contributed by atoms with Gasteiger partial charge in [-0.25, -0.2) is 0 Å². The smallest absolute Gasteiger partial charge is 0.338 e. The third-order valence-electron chi connectivity index (χ3n) is 1.56. The van der Waals surface area contributed by atoms with Crippen LogP contribution in [-0.2, 0) is 0 Å². The van der Waals surface area contributed by atoms with Crippen LogP contribution in [0, 0.1) is 6.55 Å². The summed E-state index contributed by atoms with van der Waals surface area (Å²) < 4.78 is 0. The van der Waals surface area contributed by atoms with Crippen LogP contribution >= 0.6 is 0 Å². The van der Waals surface area contributed by atoms with Gasteiger partial charge >= 0.3 is 18.9 Å². The summed E-state index contributed by atoms with van der Waals surface area (Å²) in [5.74, 6) is 0. The van der Waals surface area contributed by atoms with E-state index in [0.29, 0.717) is 0 Å². The Bertz CT molecular complexity index is 201. The minimum Gasteiger partial charge on any atom is -0.338 e. The van der Waals surface area contributed by atoms with Gasteiger partial charge in [-0.3, -0.25) is 0 Å². The predicted octanol–water partition coefficient (Wildman–Crippen LogP) is -1.02. The molecule has 1 rings (SSSR count). The van der Waals surface area contributed by atoms with E-state index in [9.17, 15) is 0 Å². The molecule has 0 saturated carbocycles. The zero-order valence-electron chi connectivity index (χ0n) is 7.59. The topological polar surface area (TPSA) is 0 Å². The van der Waals surface area contributed by atoms with Gasteiger partial charge in [-0.05, 0) is 0 Å². The normalized spacial score (nSPS) is 10.5. The van der Waals surface area contributed by atoms with Gasteiger partial charge in [0.05, 0.1) is 0 Å². The minimum atomic E-state index is -1.28. The zero-order chi connectivity index (χ0) is 7.61. The van der Waals surface area contributed by atoms with E-state index < -0.39 is 8.07 Å². The van der Waals surface area contributed by atoms with Gasteiger partial charge in [0.2, 0.25) is 0 Å². The van der Waals surface area contributed by atoms with Crippen LogP contribution in [0.3, 0.4) is 0 Å². The molecule has 0 N–H and O–H groups in total. The zero-order valence-corrected chi connectivity index (χ0v) is 8.59. The van der Waals surface area contributed by atoms with Crippen molar-refractivity contribution in [2.45, 2.75) is 13.1 Å². The maximum atomic E-state index is 4.18. The molecule has 0 aromatic heterocycles. The molecule has 0 atom stereocenters. The van der Waals surface area contributed by atoms with Crippen LogP contribution < -0.4 is 24.0 Å². The van der Waals surface area contributed by atoms with Crippen molar-refractivity contribution in [3.8, 4) is 0 Å². The molecule has 54 valence electrons.